The summed E-state index contributed by atoms with van der Waals surface area (Å²) in [5, 5.41) is 0. The van der Waals surface area contributed by atoms with Gasteiger partial charge in [0.25, 0.3) is 0 Å². The molecule has 0 aliphatic rings. The Balaban J connectivity index is 2.54. The highest BCUT2D eigenvalue weighted by molar-refractivity contribution is 5.44. The van der Waals surface area contributed by atoms with E-state index in [-0.39, 0.29) is 0 Å². The molecule has 1 aromatic carbocycles. The fourth-order valence-corrected chi connectivity index (χ4v) is 1.97. The third-order valence-corrected chi connectivity index (χ3v) is 2.91. The lowest BCUT2D eigenvalue weighted by Gasteiger charge is -2.08. The predicted molar refractivity (Wildman–Crippen MR) is 68.1 cm³/mol. The summed E-state index contributed by atoms with van der Waals surface area (Å²) in [6.45, 7) is 4.46. The molecule has 0 saturated carbocycles. The number of hydrogen-bond acceptors (Lipinski definition) is 1. The number of aryl methyl sites for hydroxylation is 2. The van der Waals surface area contributed by atoms with E-state index in [2.05, 4.69) is 26.0 Å². The number of rotatable bonds is 6. The first-order valence-corrected chi connectivity index (χ1v) is 6.15. The van der Waals surface area contributed by atoms with Gasteiger partial charge in [-0.15, -0.1) is 0 Å². The van der Waals surface area contributed by atoms with Crippen LogP contribution in [0.25, 0.3) is 0 Å². The normalized spacial score (nSPS) is 10.5. The van der Waals surface area contributed by atoms with Crippen molar-refractivity contribution in [3.63, 3.8) is 0 Å². The highest BCUT2D eigenvalue weighted by Gasteiger charge is 2.01. The molecular formula is C14H23N. The van der Waals surface area contributed by atoms with E-state index in [1.807, 2.05) is 6.07 Å². The number of nitrogen functional groups attached to an aromatic ring is 1. The number of hydrogen-bond donors (Lipinski definition) is 1. The van der Waals surface area contributed by atoms with Crippen molar-refractivity contribution in [3.8, 4) is 0 Å². The zero-order chi connectivity index (χ0) is 11.1. The van der Waals surface area contributed by atoms with Crippen molar-refractivity contribution < 1.29 is 0 Å². The van der Waals surface area contributed by atoms with Gasteiger partial charge in [-0.3, -0.25) is 0 Å². The van der Waals surface area contributed by atoms with E-state index in [0.717, 1.165) is 12.1 Å². The van der Waals surface area contributed by atoms with Crippen LogP contribution in [0.1, 0.15) is 50.7 Å². The Bertz CT molecular complexity index is 291. The molecule has 0 aromatic heterocycles. The van der Waals surface area contributed by atoms with Gasteiger partial charge in [0.15, 0.2) is 0 Å². The van der Waals surface area contributed by atoms with Gasteiger partial charge in [0, 0.05) is 5.69 Å². The molecule has 0 unspecified atom stereocenters. The van der Waals surface area contributed by atoms with E-state index in [0.29, 0.717) is 0 Å². The van der Waals surface area contributed by atoms with E-state index in [1.165, 1.54) is 43.2 Å². The molecule has 0 heterocycles. The maximum atomic E-state index is 5.81. The lowest BCUT2D eigenvalue weighted by Crippen LogP contribution is -1.96. The highest BCUT2D eigenvalue weighted by Crippen LogP contribution is 2.17. The summed E-state index contributed by atoms with van der Waals surface area (Å²) in [5.74, 6) is 0. The third-order valence-electron chi connectivity index (χ3n) is 2.91. The lowest BCUT2D eigenvalue weighted by molar-refractivity contribution is 0.665. The van der Waals surface area contributed by atoms with Gasteiger partial charge in [-0.05, 0) is 42.5 Å². The van der Waals surface area contributed by atoms with Crippen molar-refractivity contribution in [2.24, 2.45) is 0 Å². The summed E-state index contributed by atoms with van der Waals surface area (Å²) in [4.78, 5) is 0. The van der Waals surface area contributed by atoms with Crippen molar-refractivity contribution in [1.29, 1.82) is 0 Å². The third kappa shape index (κ3) is 3.94. The van der Waals surface area contributed by atoms with Crippen molar-refractivity contribution in [3.05, 3.63) is 29.3 Å². The summed E-state index contributed by atoms with van der Waals surface area (Å²) < 4.78 is 0. The van der Waals surface area contributed by atoms with Gasteiger partial charge in [-0.2, -0.15) is 0 Å². The van der Waals surface area contributed by atoms with Gasteiger partial charge in [-0.1, -0.05) is 39.2 Å². The minimum atomic E-state index is 0.901. The summed E-state index contributed by atoms with van der Waals surface area (Å²) in [6.07, 6.45) is 7.59. The Morgan fingerprint density at radius 2 is 1.80 bits per heavy atom. The molecule has 1 heteroatoms. The first-order valence-electron chi connectivity index (χ1n) is 6.15. The van der Waals surface area contributed by atoms with Gasteiger partial charge in [0.05, 0.1) is 0 Å². The molecule has 2 N–H and O–H groups in total. The Labute approximate surface area is 93.7 Å². The number of anilines is 1. The van der Waals surface area contributed by atoms with Crippen molar-refractivity contribution in [1.82, 2.24) is 0 Å². The van der Waals surface area contributed by atoms with Crippen LogP contribution in [-0.4, -0.2) is 0 Å². The van der Waals surface area contributed by atoms with Crippen LogP contribution in [0.15, 0.2) is 18.2 Å². The van der Waals surface area contributed by atoms with Gasteiger partial charge in [0.1, 0.15) is 0 Å². The van der Waals surface area contributed by atoms with Gasteiger partial charge in [0.2, 0.25) is 0 Å². The average Bonchev–Trinajstić information content (AvgIpc) is 2.25. The Morgan fingerprint density at radius 3 is 2.47 bits per heavy atom. The van der Waals surface area contributed by atoms with Crippen LogP contribution >= 0.6 is 0 Å². The standard InChI is InChI=1S/C14H23N/c1-3-5-6-7-8-13-11-14(15)10-9-12(13)4-2/h9-11H,3-8,15H2,1-2H3. The van der Waals surface area contributed by atoms with Crippen LogP contribution in [0.2, 0.25) is 0 Å². The van der Waals surface area contributed by atoms with Gasteiger partial charge >= 0.3 is 0 Å². The van der Waals surface area contributed by atoms with E-state index in [1.54, 1.807) is 0 Å². The zero-order valence-corrected chi connectivity index (χ0v) is 10.1. The molecule has 0 amide bonds. The van der Waals surface area contributed by atoms with Gasteiger partial charge < -0.3 is 5.73 Å². The molecule has 0 bridgehead atoms. The molecule has 0 atom stereocenters. The maximum absolute atomic E-state index is 5.81. The Kier molecular flexibility index (Phi) is 5.23. The van der Waals surface area contributed by atoms with Crippen LogP contribution in [0.3, 0.4) is 0 Å². The summed E-state index contributed by atoms with van der Waals surface area (Å²) in [5.41, 5.74) is 9.62. The number of benzene rings is 1. The van der Waals surface area contributed by atoms with Crippen LogP contribution in [-0.2, 0) is 12.8 Å². The van der Waals surface area contributed by atoms with Crippen molar-refractivity contribution in [2.45, 2.75) is 52.4 Å². The molecule has 0 saturated heterocycles. The van der Waals surface area contributed by atoms with Gasteiger partial charge in [-0.25, -0.2) is 0 Å². The largest absolute Gasteiger partial charge is 0.399 e. The second-order valence-electron chi connectivity index (χ2n) is 4.19. The predicted octanol–water partition coefficient (Wildman–Crippen LogP) is 3.95. The number of nitrogens with two attached hydrogens (primary N) is 1. The number of unbranched alkanes of at least 4 members (excludes halogenated alkanes) is 3. The maximum Gasteiger partial charge on any atom is 0.0316 e. The molecule has 0 radical (unpaired) electrons. The molecular weight excluding hydrogens is 182 g/mol. The van der Waals surface area contributed by atoms with Crippen LogP contribution in [0.4, 0.5) is 5.69 Å². The van der Waals surface area contributed by atoms with E-state index >= 15 is 0 Å². The first-order chi connectivity index (χ1) is 7.27. The Morgan fingerprint density at radius 1 is 1.00 bits per heavy atom. The molecule has 84 valence electrons. The fourth-order valence-electron chi connectivity index (χ4n) is 1.97. The zero-order valence-electron chi connectivity index (χ0n) is 10.1. The topological polar surface area (TPSA) is 26.0 Å². The van der Waals surface area contributed by atoms with Crippen molar-refractivity contribution >= 4 is 5.69 Å². The quantitative estimate of drug-likeness (QED) is 0.552. The highest BCUT2D eigenvalue weighted by atomic mass is 14.5. The molecule has 1 nitrogen and oxygen atoms in total. The molecule has 0 aliphatic carbocycles. The minimum absolute atomic E-state index is 0.901. The first kappa shape index (κ1) is 12.1. The fraction of sp³-hybridized carbons (Fsp3) is 0.571. The van der Waals surface area contributed by atoms with Crippen LogP contribution < -0.4 is 5.73 Å². The van der Waals surface area contributed by atoms with Crippen LogP contribution in [0.5, 0.6) is 0 Å². The molecule has 15 heavy (non-hydrogen) atoms. The molecule has 0 aliphatic heterocycles. The molecule has 1 aromatic rings. The van der Waals surface area contributed by atoms with Crippen molar-refractivity contribution in [2.75, 3.05) is 5.73 Å². The van der Waals surface area contributed by atoms with E-state index < -0.39 is 0 Å². The summed E-state index contributed by atoms with van der Waals surface area (Å²) >= 11 is 0. The van der Waals surface area contributed by atoms with Crippen LogP contribution in [0, 0.1) is 0 Å². The SMILES string of the molecule is CCCCCCc1cc(N)ccc1CC. The summed E-state index contributed by atoms with van der Waals surface area (Å²) in [7, 11) is 0. The lowest BCUT2D eigenvalue weighted by atomic mass is 9.99. The smallest absolute Gasteiger partial charge is 0.0316 e. The second kappa shape index (κ2) is 6.49. The minimum Gasteiger partial charge on any atom is -0.399 e. The summed E-state index contributed by atoms with van der Waals surface area (Å²) in [6, 6.07) is 6.32. The molecule has 1 rings (SSSR count). The molecule has 0 fully saturated rings. The second-order valence-corrected chi connectivity index (χ2v) is 4.19. The molecule has 0 spiro atoms. The monoisotopic (exact) mass is 205 g/mol. The van der Waals surface area contributed by atoms with E-state index in [9.17, 15) is 0 Å². The average molecular weight is 205 g/mol. The van der Waals surface area contributed by atoms with E-state index in [4.69, 9.17) is 5.73 Å². The Hall–Kier alpha value is -0.980.